The van der Waals surface area contributed by atoms with Crippen molar-refractivity contribution in [1.82, 2.24) is 15.0 Å². The number of aromatic nitrogens is 2. The molecule has 1 saturated heterocycles. The third kappa shape index (κ3) is 3.68. The second-order valence-corrected chi connectivity index (χ2v) is 6.30. The van der Waals surface area contributed by atoms with Crippen LogP contribution in [0.25, 0.3) is 11.4 Å². The zero-order valence-corrected chi connectivity index (χ0v) is 14.7. The first-order valence-electron chi connectivity index (χ1n) is 8.49. The zero-order valence-electron chi connectivity index (χ0n) is 14.7. The van der Waals surface area contributed by atoms with E-state index in [0.29, 0.717) is 31.1 Å². The molecule has 0 bridgehead atoms. The van der Waals surface area contributed by atoms with Gasteiger partial charge in [-0.2, -0.15) is 4.98 Å². The molecule has 2 unspecified atom stereocenters. The summed E-state index contributed by atoms with van der Waals surface area (Å²) in [5.41, 5.74) is 0.796. The second kappa shape index (κ2) is 7.55. The lowest BCUT2D eigenvalue weighted by atomic mass is 10.0. The summed E-state index contributed by atoms with van der Waals surface area (Å²) in [6, 6.07) is 6.98. The summed E-state index contributed by atoms with van der Waals surface area (Å²) in [4.78, 5) is 29.5. The zero-order chi connectivity index (χ0) is 18.7. The molecule has 0 spiro atoms. The number of hydrogen-bond acceptors (Lipinski definition) is 6. The van der Waals surface area contributed by atoms with Crippen LogP contribution in [0.1, 0.15) is 25.7 Å². The quantitative estimate of drug-likeness (QED) is 0.841. The van der Waals surface area contributed by atoms with Gasteiger partial charge in [0.25, 0.3) is 0 Å². The number of carbonyl (C=O) groups is 2. The molecule has 3 rings (SSSR count). The van der Waals surface area contributed by atoms with Crippen LogP contribution in [0.2, 0.25) is 0 Å². The molecule has 1 aliphatic rings. The third-order valence-corrected chi connectivity index (χ3v) is 4.76. The first-order chi connectivity index (χ1) is 12.5. The van der Waals surface area contributed by atoms with Crippen LogP contribution in [0, 0.1) is 5.92 Å². The minimum atomic E-state index is -0.853. The van der Waals surface area contributed by atoms with E-state index in [2.05, 4.69) is 10.1 Å². The van der Waals surface area contributed by atoms with Gasteiger partial charge >= 0.3 is 5.97 Å². The maximum atomic E-state index is 12.4. The van der Waals surface area contributed by atoms with E-state index in [1.54, 1.807) is 18.9 Å². The van der Waals surface area contributed by atoms with Gasteiger partial charge in [0.1, 0.15) is 5.75 Å². The Morgan fingerprint density at radius 3 is 2.69 bits per heavy atom. The van der Waals surface area contributed by atoms with E-state index in [1.807, 2.05) is 24.3 Å². The maximum absolute atomic E-state index is 12.4. The van der Waals surface area contributed by atoms with E-state index >= 15 is 0 Å². The summed E-state index contributed by atoms with van der Waals surface area (Å²) in [7, 11) is 1.60. The predicted octanol–water partition coefficient (Wildman–Crippen LogP) is 2.00. The van der Waals surface area contributed by atoms with E-state index in [0.717, 1.165) is 11.3 Å². The fraction of sp³-hybridized carbons (Fsp3) is 0.444. The van der Waals surface area contributed by atoms with Crippen LogP contribution >= 0.6 is 0 Å². The molecule has 1 aliphatic heterocycles. The van der Waals surface area contributed by atoms with Gasteiger partial charge in [0.15, 0.2) is 0 Å². The highest BCUT2D eigenvalue weighted by Crippen LogP contribution is 2.25. The monoisotopic (exact) mass is 359 g/mol. The number of nitrogens with zero attached hydrogens (tertiary/aromatic N) is 3. The number of ether oxygens (including phenoxy) is 1. The second-order valence-electron chi connectivity index (χ2n) is 6.30. The molecule has 1 amide bonds. The molecule has 138 valence electrons. The Balaban J connectivity index is 1.58. The summed E-state index contributed by atoms with van der Waals surface area (Å²) >= 11 is 0. The SMILES string of the molecule is COc1ccc(-c2noc(CCC(=O)N3CCC(C(=O)O)C3C)n2)cc1. The highest BCUT2D eigenvalue weighted by atomic mass is 16.5. The molecule has 0 aliphatic carbocycles. The number of rotatable bonds is 6. The first kappa shape index (κ1) is 17.9. The van der Waals surface area contributed by atoms with Crippen molar-refractivity contribution in [3.05, 3.63) is 30.2 Å². The Bertz CT molecular complexity index is 786. The molecule has 26 heavy (non-hydrogen) atoms. The molecular formula is C18H21N3O5. The van der Waals surface area contributed by atoms with Gasteiger partial charge in [-0.3, -0.25) is 9.59 Å². The van der Waals surface area contributed by atoms with Crippen molar-refractivity contribution in [1.29, 1.82) is 0 Å². The number of likely N-dealkylation sites (tertiary alicyclic amines) is 1. The number of benzene rings is 1. The van der Waals surface area contributed by atoms with Gasteiger partial charge in [0.2, 0.25) is 17.6 Å². The number of carboxylic acids is 1. The molecule has 8 heteroatoms. The van der Waals surface area contributed by atoms with Gasteiger partial charge in [-0.1, -0.05) is 5.16 Å². The van der Waals surface area contributed by atoms with Gasteiger partial charge in [0.05, 0.1) is 13.0 Å². The number of aliphatic carboxylic acids is 1. The van der Waals surface area contributed by atoms with Crippen molar-refractivity contribution in [2.75, 3.05) is 13.7 Å². The van der Waals surface area contributed by atoms with Crippen molar-refractivity contribution in [3.8, 4) is 17.1 Å². The number of methoxy groups -OCH3 is 1. The minimum absolute atomic E-state index is 0.0922. The molecule has 0 saturated carbocycles. The maximum Gasteiger partial charge on any atom is 0.308 e. The topological polar surface area (TPSA) is 106 Å². The molecule has 1 N–H and O–H groups in total. The van der Waals surface area contributed by atoms with Crippen molar-refractivity contribution in [2.24, 2.45) is 5.92 Å². The third-order valence-electron chi connectivity index (χ3n) is 4.76. The van der Waals surface area contributed by atoms with Crippen molar-refractivity contribution in [3.63, 3.8) is 0 Å². The molecule has 1 aromatic heterocycles. The van der Waals surface area contributed by atoms with Gasteiger partial charge in [-0.15, -0.1) is 0 Å². The van der Waals surface area contributed by atoms with Gasteiger partial charge < -0.3 is 19.3 Å². The fourth-order valence-electron chi connectivity index (χ4n) is 3.19. The van der Waals surface area contributed by atoms with Gasteiger partial charge in [0, 0.05) is 31.0 Å². The van der Waals surface area contributed by atoms with Crippen LogP contribution < -0.4 is 4.74 Å². The molecule has 8 nitrogen and oxygen atoms in total. The average molecular weight is 359 g/mol. The van der Waals surface area contributed by atoms with Crippen LogP contribution in [-0.2, 0) is 16.0 Å². The minimum Gasteiger partial charge on any atom is -0.497 e. The molecule has 2 heterocycles. The molecule has 1 aromatic carbocycles. The fourth-order valence-corrected chi connectivity index (χ4v) is 3.19. The standard InChI is InChI=1S/C18H21N3O5/c1-11-14(18(23)24)9-10-21(11)16(22)8-7-15-19-17(20-26-15)12-3-5-13(25-2)6-4-12/h3-6,11,14H,7-10H2,1-2H3,(H,23,24). The largest absolute Gasteiger partial charge is 0.497 e. The highest BCUT2D eigenvalue weighted by Gasteiger charge is 2.37. The van der Waals surface area contributed by atoms with Crippen molar-refractivity contribution in [2.45, 2.75) is 32.2 Å². The summed E-state index contributed by atoms with van der Waals surface area (Å²) in [5, 5.41) is 13.1. The number of carbonyl (C=O) groups excluding carboxylic acids is 1. The molecular weight excluding hydrogens is 338 g/mol. The van der Waals surface area contributed by atoms with E-state index in [1.165, 1.54) is 0 Å². The lowest BCUT2D eigenvalue weighted by Crippen LogP contribution is -2.37. The Morgan fingerprint density at radius 2 is 2.08 bits per heavy atom. The number of hydrogen-bond donors (Lipinski definition) is 1. The number of carboxylic acid groups (broad SMARTS) is 1. The number of aryl methyl sites for hydroxylation is 1. The van der Waals surface area contributed by atoms with Crippen LogP contribution in [-0.4, -0.2) is 51.7 Å². The van der Waals surface area contributed by atoms with Gasteiger partial charge in [-0.05, 0) is 37.6 Å². The smallest absolute Gasteiger partial charge is 0.308 e. The summed E-state index contributed by atoms with van der Waals surface area (Å²) in [5.74, 6) is 0.132. The van der Waals surface area contributed by atoms with Crippen LogP contribution in [0.4, 0.5) is 0 Å². The Labute approximate surface area is 150 Å². The first-order valence-corrected chi connectivity index (χ1v) is 8.49. The van der Waals surface area contributed by atoms with E-state index in [4.69, 9.17) is 14.4 Å². The number of amides is 1. The van der Waals surface area contributed by atoms with Crippen molar-refractivity contribution >= 4 is 11.9 Å². The molecule has 1 fully saturated rings. The lowest BCUT2D eigenvalue weighted by molar-refractivity contribution is -0.143. The van der Waals surface area contributed by atoms with E-state index in [9.17, 15) is 9.59 Å². The van der Waals surface area contributed by atoms with Crippen molar-refractivity contribution < 1.29 is 24.0 Å². The average Bonchev–Trinajstić information content (AvgIpc) is 3.26. The highest BCUT2D eigenvalue weighted by molar-refractivity contribution is 5.79. The van der Waals surface area contributed by atoms with Crippen LogP contribution in [0.15, 0.2) is 28.8 Å². The van der Waals surface area contributed by atoms with Crippen LogP contribution in [0.3, 0.4) is 0 Å². The summed E-state index contributed by atoms with van der Waals surface area (Å²) in [6.45, 7) is 2.25. The van der Waals surface area contributed by atoms with E-state index in [-0.39, 0.29) is 18.4 Å². The van der Waals surface area contributed by atoms with Gasteiger partial charge in [-0.25, -0.2) is 0 Å². The molecule has 2 aromatic rings. The normalized spacial score (nSPS) is 19.5. The Kier molecular flexibility index (Phi) is 5.20. The summed E-state index contributed by atoms with van der Waals surface area (Å²) < 4.78 is 10.3. The molecule has 2 atom stereocenters. The molecule has 0 radical (unpaired) electrons. The van der Waals surface area contributed by atoms with Crippen LogP contribution in [0.5, 0.6) is 5.75 Å². The summed E-state index contributed by atoms with van der Waals surface area (Å²) in [6.07, 6.45) is 1.02. The Morgan fingerprint density at radius 1 is 1.35 bits per heavy atom. The van der Waals surface area contributed by atoms with E-state index < -0.39 is 11.9 Å². The lowest BCUT2D eigenvalue weighted by Gasteiger charge is -2.23. The Hall–Kier alpha value is -2.90. The predicted molar refractivity (Wildman–Crippen MR) is 91.5 cm³/mol.